The van der Waals surface area contributed by atoms with Crippen molar-refractivity contribution in [2.24, 2.45) is 5.92 Å². The molecular formula is C14H19FO2S. The van der Waals surface area contributed by atoms with Gasteiger partial charge in [0, 0.05) is 4.90 Å². The fraction of sp³-hybridized carbons (Fsp3) is 0.571. The highest BCUT2D eigenvalue weighted by molar-refractivity contribution is 7.85. The Morgan fingerprint density at radius 2 is 1.89 bits per heavy atom. The van der Waals surface area contributed by atoms with Crippen LogP contribution in [-0.4, -0.2) is 26.8 Å². The molecule has 1 aromatic carbocycles. The summed E-state index contributed by atoms with van der Waals surface area (Å²) < 4.78 is 26.1. The van der Waals surface area contributed by atoms with Crippen LogP contribution in [-0.2, 0) is 10.8 Å². The van der Waals surface area contributed by atoms with Crippen molar-refractivity contribution in [3.05, 3.63) is 29.8 Å². The molecule has 18 heavy (non-hydrogen) atoms. The Kier molecular flexibility index (Phi) is 4.17. The molecule has 0 amide bonds. The molecule has 1 unspecified atom stereocenters. The molecule has 0 aliphatic heterocycles. The third-order valence-corrected chi connectivity index (χ3v) is 5.49. The summed E-state index contributed by atoms with van der Waals surface area (Å²) in [6.07, 6.45) is -1.09. The van der Waals surface area contributed by atoms with Crippen molar-refractivity contribution < 1.29 is 13.7 Å². The van der Waals surface area contributed by atoms with Crippen LogP contribution in [0, 0.1) is 12.8 Å². The predicted molar refractivity (Wildman–Crippen MR) is 70.7 cm³/mol. The molecule has 100 valence electrons. The third kappa shape index (κ3) is 2.64. The summed E-state index contributed by atoms with van der Waals surface area (Å²) in [5.74, 6) is -0.147. The lowest BCUT2D eigenvalue weighted by atomic mass is 9.86. The summed E-state index contributed by atoms with van der Waals surface area (Å²) in [7, 11) is -1.33. The van der Waals surface area contributed by atoms with Gasteiger partial charge in [0.2, 0.25) is 0 Å². The van der Waals surface area contributed by atoms with Gasteiger partial charge in [-0.15, -0.1) is 0 Å². The van der Waals surface area contributed by atoms with E-state index < -0.39 is 28.3 Å². The second-order valence-corrected chi connectivity index (χ2v) is 6.81. The van der Waals surface area contributed by atoms with E-state index in [1.54, 1.807) is 19.1 Å². The largest absolute Gasteiger partial charge is 0.389 e. The third-order valence-electron chi connectivity index (χ3n) is 3.69. The van der Waals surface area contributed by atoms with Gasteiger partial charge in [0.25, 0.3) is 0 Å². The highest BCUT2D eigenvalue weighted by Crippen LogP contribution is 2.32. The van der Waals surface area contributed by atoms with Gasteiger partial charge >= 0.3 is 0 Å². The molecule has 1 aliphatic carbocycles. The number of aliphatic hydroxyl groups excluding tert-OH is 1. The monoisotopic (exact) mass is 270 g/mol. The van der Waals surface area contributed by atoms with E-state index in [9.17, 15) is 13.7 Å². The van der Waals surface area contributed by atoms with E-state index in [2.05, 4.69) is 0 Å². The predicted octanol–water partition coefficient (Wildman–Crippen LogP) is 2.60. The summed E-state index contributed by atoms with van der Waals surface area (Å²) in [6.45, 7) is 3.75. The molecule has 2 rings (SSSR count). The molecule has 1 saturated carbocycles. The highest BCUT2D eigenvalue weighted by atomic mass is 32.2. The van der Waals surface area contributed by atoms with Crippen LogP contribution in [0.15, 0.2) is 29.2 Å². The second-order valence-electron chi connectivity index (χ2n) is 5.14. The van der Waals surface area contributed by atoms with Gasteiger partial charge in [-0.2, -0.15) is 0 Å². The number of aliphatic hydroxyl groups is 1. The van der Waals surface area contributed by atoms with Crippen molar-refractivity contribution in [3.63, 3.8) is 0 Å². The van der Waals surface area contributed by atoms with Crippen LogP contribution in [0.1, 0.15) is 25.3 Å². The summed E-state index contributed by atoms with van der Waals surface area (Å²) in [5, 5.41) is 9.44. The van der Waals surface area contributed by atoms with Crippen LogP contribution < -0.4 is 0 Å². The van der Waals surface area contributed by atoms with E-state index >= 15 is 0 Å². The first-order valence-corrected chi connectivity index (χ1v) is 7.51. The summed E-state index contributed by atoms with van der Waals surface area (Å²) >= 11 is 0. The Bertz CT molecular complexity index is 432. The highest BCUT2D eigenvalue weighted by Gasteiger charge is 2.39. The van der Waals surface area contributed by atoms with Crippen molar-refractivity contribution in [2.75, 3.05) is 0 Å². The van der Waals surface area contributed by atoms with Crippen LogP contribution in [0.25, 0.3) is 0 Å². The van der Waals surface area contributed by atoms with Crippen molar-refractivity contribution in [3.8, 4) is 0 Å². The minimum Gasteiger partial charge on any atom is -0.389 e. The quantitative estimate of drug-likeness (QED) is 0.897. The second kappa shape index (κ2) is 5.49. The lowest BCUT2D eigenvalue weighted by Crippen LogP contribution is -2.45. The molecule has 1 aliphatic rings. The van der Waals surface area contributed by atoms with E-state index in [4.69, 9.17) is 0 Å². The average Bonchev–Trinajstić information content (AvgIpc) is 2.36. The maximum atomic E-state index is 13.8. The Hall–Kier alpha value is -0.740. The van der Waals surface area contributed by atoms with Gasteiger partial charge < -0.3 is 5.11 Å². The van der Waals surface area contributed by atoms with E-state index in [-0.39, 0.29) is 5.92 Å². The summed E-state index contributed by atoms with van der Waals surface area (Å²) in [4.78, 5) is 0.673. The van der Waals surface area contributed by atoms with Crippen molar-refractivity contribution in [2.45, 2.75) is 49.1 Å². The topological polar surface area (TPSA) is 37.3 Å². The zero-order valence-corrected chi connectivity index (χ0v) is 11.5. The SMILES string of the molecule is Cc1ccc(S(=O)[C@@H]2CC[C@@H](C)[C@H](F)[C@@H]2O)cc1. The van der Waals surface area contributed by atoms with Crippen LogP contribution in [0.5, 0.6) is 0 Å². The van der Waals surface area contributed by atoms with Crippen molar-refractivity contribution in [1.82, 2.24) is 0 Å². The maximum Gasteiger partial charge on any atom is 0.130 e. The fourth-order valence-electron chi connectivity index (χ4n) is 2.38. The Balaban J connectivity index is 2.16. The van der Waals surface area contributed by atoms with Crippen molar-refractivity contribution in [1.29, 1.82) is 0 Å². The smallest absolute Gasteiger partial charge is 0.130 e. The van der Waals surface area contributed by atoms with Gasteiger partial charge in [-0.3, -0.25) is 4.21 Å². The first-order chi connectivity index (χ1) is 8.50. The number of benzene rings is 1. The van der Waals surface area contributed by atoms with Gasteiger partial charge in [-0.05, 0) is 37.8 Å². The number of alkyl halides is 1. The van der Waals surface area contributed by atoms with Crippen LogP contribution >= 0.6 is 0 Å². The molecule has 2 nitrogen and oxygen atoms in total. The first-order valence-electron chi connectivity index (χ1n) is 6.30. The molecular weight excluding hydrogens is 251 g/mol. The number of aryl methyl sites for hydroxylation is 1. The normalized spacial score (nSPS) is 34.2. The van der Waals surface area contributed by atoms with Crippen LogP contribution in [0.4, 0.5) is 4.39 Å². The zero-order valence-electron chi connectivity index (χ0n) is 10.7. The van der Waals surface area contributed by atoms with E-state index in [0.29, 0.717) is 17.7 Å². The standard InChI is InChI=1S/C14H19FO2S/c1-9-3-6-11(7-4-9)18(17)12-8-5-10(2)13(15)14(12)16/h3-4,6-7,10,12-14,16H,5,8H2,1-2H3/t10-,12-,13+,14-,18?/m1/s1. The maximum absolute atomic E-state index is 13.8. The van der Waals surface area contributed by atoms with E-state index in [1.807, 2.05) is 19.1 Å². The zero-order chi connectivity index (χ0) is 13.3. The summed E-state index contributed by atoms with van der Waals surface area (Å²) in [5.41, 5.74) is 1.09. The molecule has 1 N–H and O–H groups in total. The fourth-order valence-corrected chi connectivity index (χ4v) is 3.89. The number of hydrogen-bond acceptors (Lipinski definition) is 2. The van der Waals surface area contributed by atoms with Gasteiger partial charge in [-0.25, -0.2) is 4.39 Å². The average molecular weight is 270 g/mol. The number of halogens is 1. The minimum atomic E-state index is -1.33. The molecule has 0 heterocycles. The summed E-state index contributed by atoms with van der Waals surface area (Å²) in [6, 6.07) is 7.36. The minimum absolute atomic E-state index is 0.147. The Morgan fingerprint density at radius 3 is 2.50 bits per heavy atom. The van der Waals surface area contributed by atoms with E-state index in [0.717, 1.165) is 5.56 Å². The van der Waals surface area contributed by atoms with E-state index in [1.165, 1.54) is 0 Å². The molecule has 0 aromatic heterocycles. The molecule has 0 bridgehead atoms. The van der Waals surface area contributed by atoms with Crippen molar-refractivity contribution >= 4 is 10.8 Å². The molecule has 0 spiro atoms. The molecule has 1 fully saturated rings. The van der Waals surface area contributed by atoms with Gasteiger partial charge in [0.05, 0.1) is 16.0 Å². The van der Waals surface area contributed by atoms with Gasteiger partial charge in [-0.1, -0.05) is 24.6 Å². The lowest BCUT2D eigenvalue weighted by molar-refractivity contribution is 0.0173. The lowest BCUT2D eigenvalue weighted by Gasteiger charge is -2.33. The Morgan fingerprint density at radius 1 is 1.28 bits per heavy atom. The first kappa shape index (κ1) is 13.7. The molecule has 5 atom stereocenters. The molecule has 1 aromatic rings. The van der Waals surface area contributed by atoms with Crippen LogP contribution in [0.2, 0.25) is 0 Å². The molecule has 0 saturated heterocycles. The number of hydrogen-bond donors (Lipinski definition) is 1. The molecule has 4 heteroatoms. The van der Waals surface area contributed by atoms with Gasteiger partial charge in [0.15, 0.2) is 0 Å². The molecule has 0 radical (unpaired) electrons. The van der Waals surface area contributed by atoms with Crippen LogP contribution in [0.3, 0.4) is 0 Å². The number of rotatable bonds is 2. The van der Waals surface area contributed by atoms with Gasteiger partial charge in [0.1, 0.15) is 12.3 Å². The Labute approximate surface area is 110 Å².